The number of carbonyl (C=O) groups is 2. The van der Waals surface area contributed by atoms with Crippen molar-refractivity contribution < 1.29 is 19.1 Å². The number of rotatable bonds is 6. The van der Waals surface area contributed by atoms with Crippen molar-refractivity contribution in [2.24, 2.45) is 10.7 Å². The van der Waals surface area contributed by atoms with Crippen LogP contribution in [0, 0.1) is 0 Å². The van der Waals surface area contributed by atoms with Crippen molar-refractivity contribution in [1.82, 2.24) is 9.80 Å². The fourth-order valence-electron chi connectivity index (χ4n) is 3.80. The molecule has 0 spiro atoms. The van der Waals surface area contributed by atoms with E-state index in [1.807, 2.05) is 12.1 Å². The van der Waals surface area contributed by atoms with E-state index >= 15 is 0 Å². The van der Waals surface area contributed by atoms with Gasteiger partial charge in [-0.2, -0.15) is 0 Å². The molecule has 2 fully saturated rings. The maximum Gasteiger partial charge on any atom is 0.258 e. The molecule has 0 bridgehead atoms. The molecule has 3 aliphatic heterocycles. The monoisotopic (exact) mass is 537 g/mol. The molecule has 0 aromatic heterocycles. The van der Waals surface area contributed by atoms with Gasteiger partial charge in [-0.3, -0.25) is 19.5 Å². The molecule has 1 atom stereocenters. The minimum Gasteiger partial charge on any atom is -0.400 e. The Balaban J connectivity index is 1.51. The van der Waals surface area contributed by atoms with Gasteiger partial charge in [0.05, 0.1) is 38.5 Å². The van der Waals surface area contributed by atoms with Crippen molar-refractivity contribution in [1.29, 1.82) is 0 Å². The Bertz CT molecular complexity index is 927. The number of nitrogens with two attached hydrogens (primary N) is 1. The number of carbonyl (C=O) groups excluding carboxylic acids is 2. The first-order valence-corrected chi connectivity index (χ1v) is 12.6. The molecule has 3 heterocycles. The smallest absolute Gasteiger partial charge is 0.258 e. The predicted molar refractivity (Wildman–Crippen MR) is 132 cm³/mol. The molecule has 3 aliphatic rings. The van der Waals surface area contributed by atoms with E-state index in [1.54, 1.807) is 17.0 Å². The van der Waals surface area contributed by atoms with Crippen LogP contribution in [-0.4, -0.2) is 97.6 Å². The molecule has 33 heavy (non-hydrogen) atoms. The molecule has 178 valence electrons. The highest BCUT2D eigenvalue weighted by molar-refractivity contribution is 9.10. The molecule has 4 rings (SSSR count). The average molecular weight is 538 g/mol. The number of benzene rings is 1. The molecule has 2 saturated heterocycles. The van der Waals surface area contributed by atoms with E-state index in [4.69, 9.17) is 20.2 Å². The zero-order valence-electron chi connectivity index (χ0n) is 18.3. The number of hydrogen-bond donors (Lipinski definition) is 2. The van der Waals surface area contributed by atoms with Gasteiger partial charge in [0, 0.05) is 48.6 Å². The highest BCUT2D eigenvalue weighted by Crippen LogP contribution is 2.34. The first-order valence-electron chi connectivity index (χ1n) is 11.0. The third-order valence-corrected chi connectivity index (χ3v) is 7.44. The lowest BCUT2D eigenvalue weighted by molar-refractivity contribution is -0.130. The van der Waals surface area contributed by atoms with E-state index in [-0.39, 0.29) is 17.5 Å². The second kappa shape index (κ2) is 11.5. The summed E-state index contributed by atoms with van der Waals surface area (Å²) in [6.07, 6.45) is 0. The number of anilines is 1. The second-order valence-electron chi connectivity index (χ2n) is 7.87. The number of amides is 2. The summed E-state index contributed by atoms with van der Waals surface area (Å²) in [7, 11) is 0. The van der Waals surface area contributed by atoms with Crippen molar-refractivity contribution in [3.8, 4) is 0 Å². The third kappa shape index (κ3) is 6.15. The molecular formula is C22H28BrN5O4S. The Hall–Kier alpha value is -1.92. The zero-order chi connectivity index (χ0) is 23.2. The van der Waals surface area contributed by atoms with E-state index in [1.165, 1.54) is 11.8 Å². The van der Waals surface area contributed by atoms with Crippen LogP contribution in [0.1, 0.15) is 0 Å². The lowest BCUT2D eigenvalue weighted by Crippen LogP contribution is -2.42. The van der Waals surface area contributed by atoms with Crippen molar-refractivity contribution in [2.75, 3.05) is 71.0 Å². The van der Waals surface area contributed by atoms with Gasteiger partial charge in [-0.05, 0) is 24.3 Å². The summed E-state index contributed by atoms with van der Waals surface area (Å²) in [5.41, 5.74) is 7.69. The van der Waals surface area contributed by atoms with Gasteiger partial charge in [-0.15, -0.1) is 0 Å². The summed E-state index contributed by atoms with van der Waals surface area (Å²) in [6, 6.07) is 7.31. The van der Waals surface area contributed by atoms with Crippen molar-refractivity contribution in [3.63, 3.8) is 0 Å². The quantitative estimate of drug-likeness (QED) is 0.562. The van der Waals surface area contributed by atoms with Gasteiger partial charge in [-0.25, -0.2) is 0 Å². The highest BCUT2D eigenvalue weighted by Gasteiger charge is 2.40. The molecule has 9 nitrogen and oxygen atoms in total. The van der Waals surface area contributed by atoms with Crippen LogP contribution in [0.2, 0.25) is 0 Å². The summed E-state index contributed by atoms with van der Waals surface area (Å²) in [6.45, 7) is 6.44. The minimum atomic E-state index is -0.712. The van der Waals surface area contributed by atoms with Gasteiger partial charge >= 0.3 is 0 Å². The lowest BCUT2D eigenvalue weighted by atomic mass is 10.1. The van der Waals surface area contributed by atoms with Gasteiger partial charge in [0.15, 0.2) is 0 Å². The normalized spacial score (nSPS) is 23.2. The maximum atomic E-state index is 13.3. The summed E-state index contributed by atoms with van der Waals surface area (Å²) in [5, 5.41) is 2.72. The minimum absolute atomic E-state index is 0.188. The van der Waals surface area contributed by atoms with Gasteiger partial charge < -0.3 is 25.4 Å². The Kier molecular flexibility index (Phi) is 8.42. The van der Waals surface area contributed by atoms with Crippen molar-refractivity contribution in [2.45, 2.75) is 5.25 Å². The number of nitrogens with one attached hydrogen (secondary N) is 1. The van der Waals surface area contributed by atoms with Crippen LogP contribution in [-0.2, 0) is 19.1 Å². The van der Waals surface area contributed by atoms with Gasteiger partial charge in [0.2, 0.25) is 5.91 Å². The summed E-state index contributed by atoms with van der Waals surface area (Å²) in [5.74, 6) is -0.460. The molecule has 0 radical (unpaired) electrons. The Morgan fingerprint density at radius 1 is 1.09 bits per heavy atom. The molecule has 1 aromatic carbocycles. The molecule has 0 saturated carbocycles. The maximum absolute atomic E-state index is 13.3. The molecule has 3 N–H and O–H groups in total. The third-order valence-electron chi connectivity index (χ3n) is 5.65. The van der Waals surface area contributed by atoms with Crippen LogP contribution in [0.4, 0.5) is 5.69 Å². The van der Waals surface area contributed by atoms with Crippen LogP contribution >= 0.6 is 27.7 Å². The number of hydrogen-bond acceptors (Lipinski definition) is 8. The number of morpholine rings is 2. The Morgan fingerprint density at radius 2 is 1.73 bits per heavy atom. The van der Waals surface area contributed by atoms with E-state index in [2.05, 4.69) is 26.1 Å². The first kappa shape index (κ1) is 24.2. The topological polar surface area (TPSA) is 109 Å². The van der Waals surface area contributed by atoms with E-state index in [9.17, 15) is 9.59 Å². The molecule has 0 unspecified atom stereocenters. The van der Waals surface area contributed by atoms with Crippen molar-refractivity contribution >= 4 is 50.2 Å². The summed E-state index contributed by atoms with van der Waals surface area (Å²) < 4.78 is 11.7. The molecule has 1 aromatic rings. The molecule has 2 amide bonds. The van der Waals surface area contributed by atoms with Crippen LogP contribution in [0.3, 0.4) is 0 Å². The second-order valence-corrected chi connectivity index (χ2v) is 9.88. The average Bonchev–Trinajstić information content (AvgIpc) is 3.17. The number of ether oxygens (including phenoxy) is 2. The predicted octanol–water partition coefficient (Wildman–Crippen LogP) is 1.31. The van der Waals surface area contributed by atoms with Crippen LogP contribution in [0.5, 0.6) is 0 Å². The lowest BCUT2D eigenvalue weighted by Gasteiger charge is -2.27. The number of thioether (sulfide) groups is 1. The van der Waals surface area contributed by atoms with Crippen LogP contribution in [0.15, 0.2) is 45.0 Å². The van der Waals surface area contributed by atoms with Crippen molar-refractivity contribution in [3.05, 3.63) is 40.0 Å². The zero-order valence-corrected chi connectivity index (χ0v) is 20.7. The van der Waals surface area contributed by atoms with Crippen LogP contribution < -0.4 is 11.1 Å². The standard InChI is InChI=1S/C22H28BrN5O4S/c23-15-1-3-16(4-2-15)26-20(29)19-18(24)17(22(30)28-9-13-32-14-10-28)21(33-19)25-5-6-27-7-11-31-12-8-27/h1-4,19H,5-14,24H2,(H,26,29)/t19-/m0/s1. The summed E-state index contributed by atoms with van der Waals surface area (Å²) in [4.78, 5) is 35.1. The number of halogens is 1. The molecule has 0 aliphatic carbocycles. The SMILES string of the molecule is NC1=C(C(=O)N2CCOCC2)C(=NCCN2CCOCC2)S[C@@H]1C(=O)Nc1ccc(Br)cc1. The molecular weight excluding hydrogens is 510 g/mol. The molecule has 11 heteroatoms. The number of nitrogens with zero attached hydrogens (tertiary/aromatic N) is 3. The highest BCUT2D eigenvalue weighted by atomic mass is 79.9. The van der Waals surface area contributed by atoms with E-state index in [0.717, 1.165) is 37.3 Å². The largest absolute Gasteiger partial charge is 0.400 e. The van der Waals surface area contributed by atoms with Crippen LogP contribution in [0.25, 0.3) is 0 Å². The number of aliphatic imine (C=N–C) groups is 1. The van der Waals surface area contributed by atoms with E-state index in [0.29, 0.717) is 49.2 Å². The van der Waals surface area contributed by atoms with Gasteiger partial charge in [-0.1, -0.05) is 27.7 Å². The fourth-order valence-corrected chi connectivity index (χ4v) is 5.19. The fraction of sp³-hybridized carbons (Fsp3) is 0.500. The van der Waals surface area contributed by atoms with E-state index < -0.39 is 5.25 Å². The summed E-state index contributed by atoms with van der Waals surface area (Å²) >= 11 is 4.63. The van der Waals surface area contributed by atoms with Gasteiger partial charge in [0.25, 0.3) is 5.91 Å². The Labute approximate surface area is 205 Å². The first-order chi connectivity index (χ1) is 16.0. The van der Waals surface area contributed by atoms with Gasteiger partial charge in [0.1, 0.15) is 10.3 Å². The Morgan fingerprint density at radius 3 is 2.39 bits per heavy atom.